The SMILES string of the molecule is NC(CCN(CCO)C1CCCCC1)c1ccccc1Br. The minimum absolute atomic E-state index is 0.0466. The maximum atomic E-state index is 9.31. The summed E-state index contributed by atoms with van der Waals surface area (Å²) in [7, 11) is 0. The molecule has 0 amide bonds. The van der Waals surface area contributed by atoms with Crippen LogP contribution < -0.4 is 5.73 Å². The first-order valence-electron chi connectivity index (χ1n) is 8.07. The second kappa shape index (κ2) is 8.89. The van der Waals surface area contributed by atoms with Crippen molar-refractivity contribution in [2.24, 2.45) is 5.73 Å². The topological polar surface area (TPSA) is 49.5 Å². The lowest BCUT2D eigenvalue weighted by Gasteiger charge is -2.34. The van der Waals surface area contributed by atoms with Gasteiger partial charge in [-0.1, -0.05) is 53.4 Å². The van der Waals surface area contributed by atoms with Gasteiger partial charge in [-0.15, -0.1) is 0 Å². The Balaban J connectivity index is 1.90. The molecule has 4 heteroatoms. The van der Waals surface area contributed by atoms with E-state index in [1.807, 2.05) is 18.2 Å². The summed E-state index contributed by atoms with van der Waals surface area (Å²) in [4.78, 5) is 2.44. The van der Waals surface area contributed by atoms with E-state index < -0.39 is 0 Å². The van der Waals surface area contributed by atoms with Gasteiger partial charge in [-0.25, -0.2) is 0 Å². The van der Waals surface area contributed by atoms with Gasteiger partial charge in [0.15, 0.2) is 0 Å². The Bertz CT molecular complexity index is 421. The van der Waals surface area contributed by atoms with Crippen molar-refractivity contribution in [1.29, 1.82) is 0 Å². The second-order valence-corrected chi connectivity index (χ2v) is 6.82. The van der Waals surface area contributed by atoms with Crippen molar-refractivity contribution in [2.75, 3.05) is 19.7 Å². The first kappa shape index (κ1) is 16.9. The molecule has 0 aliphatic heterocycles. The Kier molecular flexibility index (Phi) is 7.17. The van der Waals surface area contributed by atoms with E-state index >= 15 is 0 Å². The fourth-order valence-corrected chi connectivity index (χ4v) is 3.87. The molecular formula is C17H27BrN2O. The molecule has 3 nitrogen and oxygen atoms in total. The third kappa shape index (κ3) is 5.06. The molecule has 1 aliphatic carbocycles. The molecule has 1 saturated carbocycles. The van der Waals surface area contributed by atoms with Crippen molar-refractivity contribution in [3.63, 3.8) is 0 Å². The van der Waals surface area contributed by atoms with E-state index in [1.54, 1.807) is 0 Å². The number of nitrogens with zero attached hydrogens (tertiary/aromatic N) is 1. The number of aliphatic hydroxyl groups excluding tert-OH is 1. The Hall–Kier alpha value is -0.420. The van der Waals surface area contributed by atoms with E-state index in [-0.39, 0.29) is 12.6 Å². The fraction of sp³-hybridized carbons (Fsp3) is 0.647. The van der Waals surface area contributed by atoms with E-state index in [1.165, 1.54) is 37.7 Å². The van der Waals surface area contributed by atoms with E-state index in [9.17, 15) is 5.11 Å². The van der Waals surface area contributed by atoms with Gasteiger partial charge >= 0.3 is 0 Å². The van der Waals surface area contributed by atoms with Crippen molar-refractivity contribution in [1.82, 2.24) is 4.90 Å². The highest BCUT2D eigenvalue weighted by molar-refractivity contribution is 9.10. The van der Waals surface area contributed by atoms with Gasteiger partial charge in [0.2, 0.25) is 0 Å². The Morgan fingerprint density at radius 2 is 1.90 bits per heavy atom. The number of rotatable bonds is 7. The molecule has 3 N–H and O–H groups in total. The monoisotopic (exact) mass is 354 g/mol. The van der Waals surface area contributed by atoms with Crippen LogP contribution in [-0.4, -0.2) is 35.7 Å². The fourth-order valence-electron chi connectivity index (χ4n) is 3.29. The zero-order valence-corrected chi connectivity index (χ0v) is 14.3. The van der Waals surface area contributed by atoms with Gasteiger partial charge in [0, 0.05) is 29.6 Å². The van der Waals surface area contributed by atoms with Crippen LogP contribution in [0.3, 0.4) is 0 Å². The molecule has 0 bridgehead atoms. The Morgan fingerprint density at radius 1 is 1.19 bits per heavy atom. The van der Waals surface area contributed by atoms with Crippen molar-refractivity contribution >= 4 is 15.9 Å². The number of hydrogen-bond donors (Lipinski definition) is 2. The quantitative estimate of drug-likeness (QED) is 0.788. The first-order valence-corrected chi connectivity index (χ1v) is 8.86. The Labute approximate surface area is 136 Å². The summed E-state index contributed by atoms with van der Waals surface area (Å²) in [6.45, 7) is 1.97. The van der Waals surface area contributed by atoms with Crippen LogP contribution in [0.2, 0.25) is 0 Å². The average Bonchev–Trinajstić information content (AvgIpc) is 2.52. The van der Waals surface area contributed by atoms with Gasteiger partial charge in [0.1, 0.15) is 0 Å². The lowest BCUT2D eigenvalue weighted by atomic mass is 9.93. The van der Waals surface area contributed by atoms with Crippen molar-refractivity contribution in [3.8, 4) is 0 Å². The average molecular weight is 355 g/mol. The molecule has 1 atom stereocenters. The van der Waals surface area contributed by atoms with Gasteiger partial charge in [-0.3, -0.25) is 4.90 Å². The van der Waals surface area contributed by atoms with Crippen molar-refractivity contribution in [3.05, 3.63) is 34.3 Å². The summed E-state index contributed by atoms with van der Waals surface area (Å²) in [5, 5.41) is 9.31. The first-order chi connectivity index (χ1) is 10.2. The van der Waals surface area contributed by atoms with Gasteiger partial charge in [0.05, 0.1) is 6.61 Å². The minimum Gasteiger partial charge on any atom is -0.395 e. The van der Waals surface area contributed by atoms with Crippen LogP contribution in [0.5, 0.6) is 0 Å². The normalized spacial score (nSPS) is 18.1. The van der Waals surface area contributed by atoms with Gasteiger partial charge in [-0.2, -0.15) is 0 Å². The van der Waals surface area contributed by atoms with Crippen molar-refractivity contribution < 1.29 is 5.11 Å². The van der Waals surface area contributed by atoms with Crippen LogP contribution in [0.15, 0.2) is 28.7 Å². The summed E-state index contributed by atoms with van der Waals surface area (Å²) in [6.07, 6.45) is 7.47. The minimum atomic E-state index is 0.0466. The standard InChI is InChI=1S/C17H27BrN2O/c18-16-9-5-4-8-15(16)17(19)10-11-20(12-13-21)14-6-2-1-3-7-14/h4-5,8-9,14,17,21H,1-3,6-7,10-13,19H2. The molecule has 1 aliphatic rings. The zero-order valence-electron chi connectivity index (χ0n) is 12.7. The molecule has 0 spiro atoms. The van der Waals surface area contributed by atoms with Crippen LogP contribution in [0, 0.1) is 0 Å². The molecule has 0 radical (unpaired) electrons. The molecule has 0 heterocycles. The lowest BCUT2D eigenvalue weighted by Crippen LogP contribution is -2.40. The molecule has 118 valence electrons. The van der Waals surface area contributed by atoms with Gasteiger partial charge < -0.3 is 10.8 Å². The number of hydrogen-bond acceptors (Lipinski definition) is 3. The number of halogens is 1. The maximum Gasteiger partial charge on any atom is 0.0558 e. The smallest absolute Gasteiger partial charge is 0.0558 e. The van der Waals surface area contributed by atoms with Gasteiger partial charge in [0.25, 0.3) is 0 Å². The summed E-state index contributed by atoms with van der Waals surface area (Å²) in [5.41, 5.74) is 7.52. The second-order valence-electron chi connectivity index (χ2n) is 5.97. The van der Waals surface area contributed by atoms with E-state index in [0.717, 1.165) is 24.0 Å². The van der Waals surface area contributed by atoms with E-state index in [2.05, 4.69) is 26.9 Å². The number of aliphatic hydroxyl groups is 1. The highest BCUT2D eigenvalue weighted by Crippen LogP contribution is 2.26. The molecule has 1 unspecified atom stereocenters. The number of benzene rings is 1. The van der Waals surface area contributed by atoms with E-state index in [0.29, 0.717) is 6.04 Å². The van der Waals surface area contributed by atoms with Crippen LogP contribution >= 0.6 is 15.9 Å². The summed E-state index contributed by atoms with van der Waals surface area (Å²) in [5.74, 6) is 0. The summed E-state index contributed by atoms with van der Waals surface area (Å²) >= 11 is 3.58. The maximum absolute atomic E-state index is 9.31. The van der Waals surface area contributed by atoms with Crippen LogP contribution in [0.25, 0.3) is 0 Å². The number of nitrogens with two attached hydrogens (primary N) is 1. The highest BCUT2D eigenvalue weighted by Gasteiger charge is 2.21. The molecule has 21 heavy (non-hydrogen) atoms. The summed E-state index contributed by atoms with van der Waals surface area (Å²) in [6, 6.07) is 8.86. The van der Waals surface area contributed by atoms with E-state index in [4.69, 9.17) is 5.73 Å². The zero-order chi connectivity index (χ0) is 15.1. The molecule has 0 saturated heterocycles. The lowest BCUT2D eigenvalue weighted by molar-refractivity contribution is 0.120. The van der Waals surface area contributed by atoms with Crippen LogP contribution in [0.4, 0.5) is 0 Å². The van der Waals surface area contributed by atoms with Crippen LogP contribution in [0.1, 0.15) is 50.1 Å². The largest absolute Gasteiger partial charge is 0.395 e. The van der Waals surface area contributed by atoms with Crippen LogP contribution in [-0.2, 0) is 0 Å². The molecule has 2 rings (SSSR count). The van der Waals surface area contributed by atoms with Crippen molar-refractivity contribution in [2.45, 2.75) is 50.6 Å². The predicted octanol–water partition coefficient (Wildman–Crippen LogP) is 3.47. The molecule has 1 aromatic rings. The highest BCUT2D eigenvalue weighted by atomic mass is 79.9. The third-order valence-corrected chi connectivity index (χ3v) is 5.23. The predicted molar refractivity (Wildman–Crippen MR) is 91.2 cm³/mol. The summed E-state index contributed by atoms with van der Waals surface area (Å²) < 4.78 is 1.09. The molecule has 1 fully saturated rings. The third-order valence-electron chi connectivity index (χ3n) is 4.51. The Morgan fingerprint density at radius 3 is 2.57 bits per heavy atom. The van der Waals surface area contributed by atoms with Gasteiger partial charge in [-0.05, 0) is 30.9 Å². The molecule has 1 aromatic carbocycles. The molecule has 0 aromatic heterocycles. The molecular weight excluding hydrogens is 328 g/mol.